The van der Waals surface area contributed by atoms with E-state index in [1.807, 2.05) is 0 Å². The molecule has 0 aromatic carbocycles. The molecule has 1 fully saturated rings. The quantitative estimate of drug-likeness (QED) is 0.641. The number of carbonyl (C=O) groups is 2. The van der Waals surface area contributed by atoms with Gasteiger partial charge in [-0.3, -0.25) is 9.59 Å². The molecule has 0 aromatic heterocycles. The lowest BCUT2D eigenvalue weighted by molar-refractivity contribution is -0.137. The van der Waals surface area contributed by atoms with E-state index in [9.17, 15) is 9.59 Å². The number of nitrogens with one attached hydrogen (secondary N) is 1. The van der Waals surface area contributed by atoms with Gasteiger partial charge in [0.15, 0.2) is 0 Å². The molecule has 0 spiro atoms. The summed E-state index contributed by atoms with van der Waals surface area (Å²) in [5.41, 5.74) is 0. The second kappa shape index (κ2) is 8.09. The first-order valence-electron chi connectivity index (χ1n) is 6.67. The van der Waals surface area contributed by atoms with E-state index in [-0.39, 0.29) is 12.3 Å². The Morgan fingerprint density at radius 3 is 2.47 bits per heavy atom. The highest BCUT2D eigenvalue weighted by Crippen LogP contribution is 2.28. The van der Waals surface area contributed by atoms with Gasteiger partial charge in [0.1, 0.15) is 0 Å². The van der Waals surface area contributed by atoms with E-state index in [0.29, 0.717) is 19.4 Å². The number of carbonyl (C=O) groups excluding carboxylic acids is 1. The molecule has 1 aliphatic carbocycles. The zero-order chi connectivity index (χ0) is 12.5. The van der Waals surface area contributed by atoms with E-state index in [0.717, 1.165) is 18.8 Å². The summed E-state index contributed by atoms with van der Waals surface area (Å²) in [5, 5.41) is 11.3. The first-order valence-corrected chi connectivity index (χ1v) is 6.67. The lowest BCUT2D eigenvalue weighted by Crippen LogP contribution is -2.24. The van der Waals surface area contributed by atoms with Crippen LogP contribution >= 0.6 is 0 Å². The molecule has 17 heavy (non-hydrogen) atoms. The molecule has 4 nitrogen and oxygen atoms in total. The summed E-state index contributed by atoms with van der Waals surface area (Å²) >= 11 is 0. The van der Waals surface area contributed by atoms with Crippen molar-refractivity contribution in [2.24, 2.45) is 5.92 Å². The minimum atomic E-state index is -0.766. The van der Waals surface area contributed by atoms with Gasteiger partial charge in [-0.25, -0.2) is 0 Å². The largest absolute Gasteiger partial charge is 0.481 e. The van der Waals surface area contributed by atoms with Crippen molar-refractivity contribution < 1.29 is 14.7 Å². The highest BCUT2D eigenvalue weighted by Gasteiger charge is 2.15. The van der Waals surface area contributed by atoms with E-state index in [2.05, 4.69) is 5.32 Å². The Kier molecular flexibility index (Phi) is 6.67. The minimum absolute atomic E-state index is 0.118. The molecule has 1 amide bonds. The monoisotopic (exact) mass is 241 g/mol. The number of hydrogen-bond acceptors (Lipinski definition) is 2. The fraction of sp³-hybridized carbons (Fsp3) is 0.846. The van der Waals surface area contributed by atoms with Crippen molar-refractivity contribution in [2.75, 3.05) is 6.54 Å². The average molecular weight is 241 g/mol. The van der Waals surface area contributed by atoms with Crippen LogP contribution in [0.15, 0.2) is 0 Å². The molecule has 0 radical (unpaired) electrons. The van der Waals surface area contributed by atoms with Crippen LogP contribution in [-0.4, -0.2) is 23.5 Å². The Morgan fingerprint density at radius 2 is 1.82 bits per heavy atom. The topological polar surface area (TPSA) is 66.4 Å². The Morgan fingerprint density at radius 1 is 1.12 bits per heavy atom. The van der Waals surface area contributed by atoms with Crippen molar-refractivity contribution >= 4 is 11.9 Å². The molecule has 0 bridgehead atoms. The van der Waals surface area contributed by atoms with Crippen LogP contribution in [0.5, 0.6) is 0 Å². The number of unbranched alkanes of at least 4 members (excludes halogenated alkanes) is 1. The molecule has 0 aliphatic heterocycles. The van der Waals surface area contributed by atoms with Gasteiger partial charge >= 0.3 is 5.97 Å². The van der Waals surface area contributed by atoms with Crippen molar-refractivity contribution in [3.05, 3.63) is 0 Å². The van der Waals surface area contributed by atoms with Crippen LogP contribution in [0.4, 0.5) is 0 Å². The molecule has 1 rings (SSSR count). The van der Waals surface area contributed by atoms with Crippen molar-refractivity contribution in [3.63, 3.8) is 0 Å². The molecule has 1 aliphatic rings. The van der Waals surface area contributed by atoms with Gasteiger partial charge in [-0.05, 0) is 25.2 Å². The Balaban J connectivity index is 1.92. The number of carboxylic acids is 1. The van der Waals surface area contributed by atoms with E-state index >= 15 is 0 Å². The summed E-state index contributed by atoms with van der Waals surface area (Å²) in [5.74, 6) is 0.109. The smallest absolute Gasteiger partial charge is 0.303 e. The van der Waals surface area contributed by atoms with Gasteiger partial charge in [0.2, 0.25) is 5.91 Å². The first-order chi connectivity index (χ1) is 8.18. The molecule has 2 N–H and O–H groups in total. The second-order valence-electron chi connectivity index (χ2n) is 4.89. The van der Waals surface area contributed by atoms with Crippen LogP contribution < -0.4 is 5.32 Å². The van der Waals surface area contributed by atoms with Crippen molar-refractivity contribution in [1.82, 2.24) is 5.32 Å². The summed E-state index contributed by atoms with van der Waals surface area (Å²) in [6.07, 6.45) is 8.43. The van der Waals surface area contributed by atoms with Crippen LogP contribution in [0, 0.1) is 5.92 Å². The third-order valence-electron chi connectivity index (χ3n) is 3.39. The molecule has 98 valence electrons. The number of hydrogen-bond donors (Lipinski definition) is 2. The summed E-state index contributed by atoms with van der Waals surface area (Å²) in [6.45, 7) is 0.608. The molecule has 0 unspecified atom stereocenters. The highest BCUT2D eigenvalue weighted by atomic mass is 16.4. The van der Waals surface area contributed by atoms with Gasteiger partial charge in [0.25, 0.3) is 0 Å². The van der Waals surface area contributed by atoms with Gasteiger partial charge in [0.05, 0.1) is 0 Å². The lowest BCUT2D eigenvalue weighted by Gasteiger charge is -2.08. The second-order valence-corrected chi connectivity index (χ2v) is 4.89. The number of amides is 1. The van der Waals surface area contributed by atoms with Crippen LogP contribution in [0.25, 0.3) is 0 Å². The average Bonchev–Trinajstić information content (AvgIpc) is 2.78. The standard InChI is InChI=1S/C13H23NO3/c15-12(9-8-11-5-1-2-6-11)14-10-4-3-7-13(16)17/h11H,1-10H2,(H,14,15)(H,16,17). The predicted molar refractivity (Wildman–Crippen MR) is 65.7 cm³/mol. The zero-order valence-corrected chi connectivity index (χ0v) is 10.4. The fourth-order valence-electron chi connectivity index (χ4n) is 2.35. The first kappa shape index (κ1) is 14.0. The predicted octanol–water partition coefficient (Wildman–Crippen LogP) is 2.33. The van der Waals surface area contributed by atoms with Crippen LogP contribution in [0.1, 0.15) is 57.8 Å². The van der Waals surface area contributed by atoms with Gasteiger partial charge in [-0.15, -0.1) is 0 Å². The molecular weight excluding hydrogens is 218 g/mol. The van der Waals surface area contributed by atoms with E-state index in [1.165, 1.54) is 25.7 Å². The maximum Gasteiger partial charge on any atom is 0.303 e. The number of rotatable bonds is 8. The zero-order valence-electron chi connectivity index (χ0n) is 10.4. The van der Waals surface area contributed by atoms with Gasteiger partial charge in [0, 0.05) is 19.4 Å². The minimum Gasteiger partial charge on any atom is -0.481 e. The van der Waals surface area contributed by atoms with Crippen molar-refractivity contribution in [3.8, 4) is 0 Å². The summed E-state index contributed by atoms with van der Waals surface area (Å²) in [6, 6.07) is 0. The van der Waals surface area contributed by atoms with Crippen LogP contribution in [0.2, 0.25) is 0 Å². The lowest BCUT2D eigenvalue weighted by atomic mass is 10.0. The maximum absolute atomic E-state index is 11.5. The van der Waals surface area contributed by atoms with Gasteiger partial charge in [-0.1, -0.05) is 25.7 Å². The third kappa shape index (κ3) is 6.97. The van der Waals surface area contributed by atoms with E-state index in [4.69, 9.17) is 5.11 Å². The summed E-state index contributed by atoms with van der Waals surface area (Å²) < 4.78 is 0. The third-order valence-corrected chi connectivity index (χ3v) is 3.39. The van der Waals surface area contributed by atoms with E-state index < -0.39 is 5.97 Å². The molecule has 0 saturated heterocycles. The summed E-state index contributed by atoms with van der Waals surface area (Å²) in [7, 11) is 0. The van der Waals surface area contributed by atoms with Crippen molar-refractivity contribution in [1.29, 1.82) is 0 Å². The Hall–Kier alpha value is -1.06. The number of aliphatic carboxylic acids is 1. The summed E-state index contributed by atoms with van der Waals surface area (Å²) in [4.78, 5) is 21.7. The number of carboxylic acid groups (broad SMARTS) is 1. The molecule has 1 saturated carbocycles. The molecule has 0 heterocycles. The van der Waals surface area contributed by atoms with Crippen molar-refractivity contribution in [2.45, 2.75) is 57.8 Å². The molecule has 4 heteroatoms. The fourth-order valence-corrected chi connectivity index (χ4v) is 2.35. The Labute approximate surface area is 103 Å². The SMILES string of the molecule is O=C(O)CCCCNC(=O)CCC1CCCC1. The van der Waals surface area contributed by atoms with E-state index in [1.54, 1.807) is 0 Å². The molecule has 0 aromatic rings. The molecular formula is C13H23NO3. The van der Waals surface area contributed by atoms with Gasteiger partial charge < -0.3 is 10.4 Å². The maximum atomic E-state index is 11.5. The Bertz CT molecular complexity index is 247. The van der Waals surface area contributed by atoms with Gasteiger partial charge in [-0.2, -0.15) is 0 Å². The highest BCUT2D eigenvalue weighted by molar-refractivity contribution is 5.75. The van der Waals surface area contributed by atoms with Crippen LogP contribution in [-0.2, 0) is 9.59 Å². The van der Waals surface area contributed by atoms with Crippen LogP contribution in [0.3, 0.4) is 0 Å². The normalized spacial score (nSPS) is 16.0. The molecule has 0 atom stereocenters.